The summed E-state index contributed by atoms with van der Waals surface area (Å²) >= 11 is 0. The van der Waals surface area contributed by atoms with Gasteiger partial charge in [-0.15, -0.1) is 0 Å². The van der Waals surface area contributed by atoms with Crippen molar-refractivity contribution >= 4 is 17.5 Å². The van der Waals surface area contributed by atoms with Crippen LogP contribution >= 0.6 is 0 Å². The lowest BCUT2D eigenvalue weighted by molar-refractivity contribution is -0.138. The first-order chi connectivity index (χ1) is 18.9. The van der Waals surface area contributed by atoms with E-state index in [-0.39, 0.29) is 48.3 Å². The fourth-order valence-corrected chi connectivity index (χ4v) is 6.11. The standard InChI is InChI=1S/C30H40F2N6O2/c1-19-13-36(24(12-33-19)15-37-14-20(2)35(5)16-27(37)39)17-28(40)38-18-30(3,4)29-26(38)9-21(11-34-29)8-22-6-7-23(31)10-25(22)32/h6-7,9-11,19-20,24,33H,8,12-18H2,1-5H3/t19?,20-,24+/m0/s1. The van der Waals surface area contributed by atoms with E-state index in [0.29, 0.717) is 44.8 Å². The van der Waals surface area contributed by atoms with Crippen LogP contribution in [0.1, 0.15) is 44.5 Å². The van der Waals surface area contributed by atoms with Crippen LogP contribution < -0.4 is 10.2 Å². The van der Waals surface area contributed by atoms with Crippen LogP contribution in [0.2, 0.25) is 0 Å². The third-order valence-electron chi connectivity index (χ3n) is 8.59. The Kier molecular flexibility index (Phi) is 7.96. The highest BCUT2D eigenvalue weighted by Crippen LogP contribution is 2.40. The summed E-state index contributed by atoms with van der Waals surface area (Å²) in [6.07, 6.45) is 1.98. The van der Waals surface area contributed by atoms with Gasteiger partial charge < -0.3 is 15.1 Å². The minimum absolute atomic E-state index is 0.0177. The van der Waals surface area contributed by atoms with Crippen molar-refractivity contribution in [1.29, 1.82) is 0 Å². The van der Waals surface area contributed by atoms with E-state index in [1.165, 1.54) is 12.1 Å². The number of anilines is 1. The molecule has 1 unspecified atom stereocenters. The third-order valence-corrected chi connectivity index (χ3v) is 8.59. The van der Waals surface area contributed by atoms with E-state index in [2.05, 4.69) is 42.8 Å². The van der Waals surface area contributed by atoms with E-state index in [9.17, 15) is 18.4 Å². The molecule has 40 heavy (non-hydrogen) atoms. The monoisotopic (exact) mass is 554 g/mol. The average Bonchev–Trinajstić information content (AvgIpc) is 3.16. The first-order valence-corrected chi connectivity index (χ1v) is 14.1. The average molecular weight is 555 g/mol. The summed E-state index contributed by atoms with van der Waals surface area (Å²) in [6.45, 7) is 12.2. The summed E-state index contributed by atoms with van der Waals surface area (Å²) in [5, 5.41) is 3.52. The van der Waals surface area contributed by atoms with Crippen molar-refractivity contribution in [2.45, 2.75) is 57.7 Å². The van der Waals surface area contributed by atoms with Gasteiger partial charge in [0.25, 0.3) is 0 Å². The molecule has 10 heteroatoms. The molecule has 216 valence electrons. The van der Waals surface area contributed by atoms with Gasteiger partial charge in [-0.25, -0.2) is 8.78 Å². The predicted molar refractivity (Wildman–Crippen MR) is 150 cm³/mol. The Balaban J connectivity index is 1.33. The molecule has 3 aliphatic heterocycles. The number of nitrogens with zero attached hydrogens (tertiary/aromatic N) is 5. The van der Waals surface area contributed by atoms with Gasteiger partial charge in [-0.2, -0.15) is 0 Å². The molecule has 0 aliphatic carbocycles. The van der Waals surface area contributed by atoms with Gasteiger partial charge in [0.1, 0.15) is 11.6 Å². The third kappa shape index (κ3) is 5.89. The Morgan fingerprint density at radius 1 is 1.18 bits per heavy atom. The lowest BCUT2D eigenvalue weighted by Crippen LogP contribution is -2.63. The second-order valence-corrected chi connectivity index (χ2v) is 12.4. The van der Waals surface area contributed by atoms with Gasteiger partial charge in [0.2, 0.25) is 11.8 Å². The maximum Gasteiger partial charge on any atom is 0.241 e. The SMILES string of the molecule is CC1CN(CC(=O)N2CC(C)(C)c3ncc(Cc4ccc(F)cc4F)cc32)[C@@H](CN2C[C@H](C)N(C)CC2=O)CN1. The Hall–Kier alpha value is -2.95. The number of aromatic nitrogens is 1. The summed E-state index contributed by atoms with van der Waals surface area (Å²) in [6, 6.07) is 6.04. The van der Waals surface area contributed by atoms with E-state index in [0.717, 1.165) is 23.0 Å². The normalized spacial score (nSPS) is 25.4. The Bertz CT molecular complexity index is 1290. The van der Waals surface area contributed by atoms with Crippen LogP contribution in [-0.2, 0) is 21.4 Å². The van der Waals surface area contributed by atoms with Crippen molar-refractivity contribution in [2.75, 3.05) is 57.8 Å². The second-order valence-electron chi connectivity index (χ2n) is 12.4. The summed E-state index contributed by atoms with van der Waals surface area (Å²) in [5.41, 5.74) is 2.40. The van der Waals surface area contributed by atoms with Gasteiger partial charge >= 0.3 is 0 Å². The second kappa shape index (κ2) is 11.1. The minimum Gasteiger partial charge on any atom is -0.338 e. The Labute approximate surface area is 235 Å². The fraction of sp³-hybridized carbons (Fsp3) is 0.567. The molecule has 0 spiro atoms. The zero-order chi connectivity index (χ0) is 28.8. The number of carbonyl (C=O) groups is 2. The van der Waals surface area contributed by atoms with E-state index >= 15 is 0 Å². The number of benzene rings is 1. The van der Waals surface area contributed by atoms with Gasteiger partial charge in [-0.1, -0.05) is 19.9 Å². The van der Waals surface area contributed by atoms with Crippen molar-refractivity contribution in [3.05, 3.63) is 58.9 Å². The van der Waals surface area contributed by atoms with Crippen molar-refractivity contribution in [3.63, 3.8) is 0 Å². The topological polar surface area (TPSA) is 72.0 Å². The van der Waals surface area contributed by atoms with Crippen LogP contribution in [0, 0.1) is 11.6 Å². The lowest BCUT2D eigenvalue weighted by Gasteiger charge is -2.44. The van der Waals surface area contributed by atoms with Gasteiger partial charge in [0.15, 0.2) is 0 Å². The quantitative estimate of drug-likeness (QED) is 0.592. The molecule has 8 nitrogen and oxygen atoms in total. The zero-order valence-corrected chi connectivity index (χ0v) is 24.1. The number of carbonyl (C=O) groups excluding carboxylic acids is 2. The minimum atomic E-state index is -0.612. The van der Waals surface area contributed by atoms with Crippen LogP contribution in [-0.4, -0.2) is 102 Å². The van der Waals surface area contributed by atoms with Crippen molar-refractivity contribution in [2.24, 2.45) is 0 Å². The molecule has 3 aliphatic rings. The predicted octanol–water partition coefficient (Wildman–Crippen LogP) is 2.40. The van der Waals surface area contributed by atoms with E-state index < -0.39 is 11.6 Å². The van der Waals surface area contributed by atoms with E-state index in [4.69, 9.17) is 4.98 Å². The molecule has 0 bridgehead atoms. The van der Waals surface area contributed by atoms with Crippen molar-refractivity contribution in [3.8, 4) is 0 Å². The number of nitrogens with one attached hydrogen (secondary N) is 1. The van der Waals surface area contributed by atoms with E-state index in [1.807, 2.05) is 18.0 Å². The summed E-state index contributed by atoms with van der Waals surface area (Å²) in [5.74, 6) is -1.10. The highest BCUT2D eigenvalue weighted by Gasteiger charge is 2.41. The molecule has 0 saturated carbocycles. The van der Waals surface area contributed by atoms with Crippen LogP contribution in [0.25, 0.3) is 0 Å². The first-order valence-electron chi connectivity index (χ1n) is 14.1. The number of likely N-dealkylation sites (N-methyl/N-ethyl adjacent to an activating group) is 1. The Morgan fingerprint density at radius 2 is 1.95 bits per heavy atom. The largest absolute Gasteiger partial charge is 0.338 e. The molecule has 5 rings (SSSR count). The highest BCUT2D eigenvalue weighted by molar-refractivity contribution is 5.97. The van der Waals surface area contributed by atoms with Gasteiger partial charge in [0.05, 0.1) is 24.5 Å². The number of rotatable bonds is 6. The van der Waals surface area contributed by atoms with Crippen LogP contribution in [0.3, 0.4) is 0 Å². The number of hydrogen-bond acceptors (Lipinski definition) is 6. The smallest absolute Gasteiger partial charge is 0.241 e. The maximum absolute atomic E-state index is 14.3. The number of fused-ring (bicyclic) bond motifs is 1. The zero-order valence-electron chi connectivity index (χ0n) is 24.1. The number of halogens is 2. The molecular formula is C30H40F2N6O2. The molecule has 1 aromatic carbocycles. The first kappa shape index (κ1) is 28.6. The van der Waals surface area contributed by atoms with Gasteiger partial charge in [0, 0.05) is 74.9 Å². The molecule has 2 amide bonds. The molecule has 1 aromatic heterocycles. The molecule has 2 aromatic rings. The number of pyridine rings is 1. The molecule has 2 fully saturated rings. The number of piperazine rings is 2. The van der Waals surface area contributed by atoms with Crippen molar-refractivity contribution < 1.29 is 18.4 Å². The molecule has 1 N–H and O–H groups in total. The molecular weight excluding hydrogens is 514 g/mol. The molecule has 4 heterocycles. The molecule has 3 atom stereocenters. The Morgan fingerprint density at radius 3 is 2.70 bits per heavy atom. The van der Waals surface area contributed by atoms with Crippen LogP contribution in [0.15, 0.2) is 30.5 Å². The van der Waals surface area contributed by atoms with E-state index in [1.54, 1.807) is 11.1 Å². The summed E-state index contributed by atoms with van der Waals surface area (Å²) < 4.78 is 27.7. The molecule has 0 radical (unpaired) electrons. The lowest BCUT2D eigenvalue weighted by atomic mass is 9.91. The van der Waals surface area contributed by atoms with Gasteiger partial charge in [-0.3, -0.25) is 24.4 Å². The van der Waals surface area contributed by atoms with Crippen molar-refractivity contribution in [1.82, 2.24) is 25.0 Å². The number of hydrogen-bond donors (Lipinski definition) is 1. The van der Waals surface area contributed by atoms with Gasteiger partial charge in [-0.05, 0) is 44.2 Å². The van der Waals surface area contributed by atoms with Crippen LogP contribution in [0.5, 0.6) is 0 Å². The molecule has 2 saturated heterocycles. The van der Waals surface area contributed by atoms with Crippen LogP contribution in [0.4, 0.5) is 14.5 Å². The summed E-state index contributed by atoms with van der Waals surface area (Å²) in [4.78, 5) is 39.3. The number of amides is 2. The fourth-order valence-electron chi connectivity index (χ4n) is 6.11. The highest BCUT2D eigenvalue weighted by atomic mass is 19.1. The maximum atomic E-state index is 14.3. The summed E-state index contributed by atoms with van der Waals surface area (Å²) in [7, 11) is 1.97.